The van der Waals surface area contributed by atoms with Crippen molar-refractivity contribution >= 4 is 5.91 Å². The van der Waals surface area contributed by atoms with Crippen LogP contribution in [0.3, 0.4) is 0 Å². The second-order valence-electron chi connectivity index (χ2n) is 5.47. The summed E-state index contributed by atoms with van der Waals surface area (Å²) in [4.78, 5) is 13.7. The maximum Gasteiger partial charge on any atom is 0.243 e. The summed E-state index contributed by atoms with van der Waals surface area (Å²) in [5.74, 6) is 0.369. The predicted octanol–water partition coefficient (Wildman–Crippen LogP) is 2.49. The molecule has 1 N–H and O–H groups in total. The number of allylic oxidation sites excluding steroid dienone is 1. The largest absolute Gasteiger partial charge is 0.353 e. The molecule has 0 bridgehead atoms. The number of hydrogen-bond acceptors (Lipinski definition) is 2. The van der Waals surface area contributed by atoms with Crippen molar-refractivity contribution in [2.24, 2.45) is 5.92 Å². The van der Waals surface area contributed by atoms with Crippen molar-refractivity contribution in [3.8, 4) is 0 Å². The molecule has 0 radical (unpaired) electrons. The van der Waals surface area contributed by atoms with Crippen molar-refractivity contribution in [3.05, 3.63) is 48.0 Å². The van der Waals surface area contributed by atoms with Gasteiger partial charge in [0.05, 0.1) is 0 Å². The molecule has 1 amide bonds. The van der Waals surface area contributed by atoms with Crippen LogP contribution in [0, 0.1) is 5.92 Å². The Kier molecular flexibility index (Phi) is 7.66. The quantitative estimate of drug-likeness (QED) is 0.583. The van der Waals surface area contributed by atoms with Gasteiger partial charge in [0, 0.05) is 6.54 Å². The Balaban J connectivity index is 2.23. The Hall–Kier alpha value is -1.61. The van der Waals surface area contributed by atoms with Crippen molar-refractivity contribution in [1.82, 2.24) is 10.2 Å². The molecule has 110 valence electrons. The number of rotatable bonds is 8. The van der Waals surface area contributed by atoms with Gasteiger partial charge < -0.3 is 10.2 Å². The topological polar surface area (TPSA) is 32.3 Å². The lowest BCUT2D eigenvalue weighted by molar-refractivity contribution is -0.116. The van der Waals surface area contributed by atoms with Crippen LogP contribution in [-0.4, -0.2) is 38.0 Å². The number of amides is 1. The summed E-state index contributed by atoms with van der Waals surface area (Å²) in [7, 11) is 4.07. The monoisotopic (exact) mass is 274 g/mol. The van der Waals surface area contributed by atoms with Crippen molar-refractivity contribution in [3.63, 3.8) is 0 Å². The Labute approximate surface area is 122 Å². The number of nitrogens with zero attached hydrogens (tertiary/aromatic N) is 1. The highest BCUT2D eigenvalue weighted by Crippen LogP contribution is 2.08. The van der Waals surface area contributed by atoms with Gasteiger partial charge in [-0.1, -0.05) is 43.3 Å². The van der Waals surface area contributed by atoms with Crippen LogP contribution in [0.4, 0.5) is 0 Å². The predicted molar refractivity (Wildman–Crippen MR) is 84.6 cm³/mol. The van der Waals surface area contributed by atoms with E-state index in [1.807, 2.05) is 38.4 Å². The molecular weight excluding hydrogens is 248 g/mol. The molecule has 0 aromatic heterocycles. The minimum atomic E-state index is 0.00340. The maximum atomic E-state index is 11.6. The van der Waals surface area contributed by atoms with Gasteiger partial charge in [-0.2, -0.15) is 0 Å². The van der Waals surface area contributed by atoms with E-state index in [9.17, 15) is 4.79 Å². The van der Waals surface area contributed by atoms with Gasteiger partial charge in [-0.3, -0.25) is 4.79 Å². The van der Waals surface area contributed by atoms with Crippen LogP contribution in [0.2, 0.25) is 0 Å². The molecule has 0 aliphatic rings. The van der Waals surface area contributed by atoms with Crippen molar-refractivity contribution in [2.75, 3.05) is 27.2 Å². The van der Waals surface area contributed by atoms with E-state index < -0.39 is 0 Å². The third-order valence-electron chi connectivity index (χ3n) is 3.06. The lowest BCUT2D eigenvalue weighted by atomic mass is 10.0. The zero-order valence-electron chi connectivity index (χ0n) is 12.8. The van der Waals surface area contributed by atoms with E-state index in [1.54, 1.807) is 6.08 Å². The molecule has 1 rings (SSSR count). The standard InChI is InChI=1S/C17H26N2O/c1-15(14-16-8-5-4-6-9-16)10-11-17(20)18-12-7-13-19(2)3/h4-6,8-11,15H,7,12-14H2,1-3H3,(H,18,20)/t15-/m0/s1. The SMILES string of the molecule is C[C@@H](C=CC(=O)NCCCN(C)C)Cc1ccccc1. The molecule has 0 aliphatic heterocycles. The number of nitrogens with one attached hydrogen (secondary N) is 1. The van der Waals surface area contributed by atoms with Crippen LogP contribution < -0.4 is 5.32 Å². The molecule has 20 heavy (non-hydrogen) atoms. The van der Waals surface area contributed by atoms with Gasteiger partial charge >= 0.3 is 0 Å². The van der Waals surface area contributed by atoms with Crippen LogP contribution in [0.1, 0.15) is 18.9 Å². The molecule has 3 nitrogen and oxygen atoms in total. The summed E-state index contributed by atoms with van der Waals surface area (Å²) in [6.07, 6.45) is 5.58. The Bertz CT molecular complexity index is 412. The lowest BCUT2D eigenvalue weighted by Gasteiger charge is -2.09. The molecule has 1 atom stereocenters. The van der Waals surface area contributed by atoms with E-state index in [-0.39, 0.29) is 5.91 Å². The molecule has 1 aromatic rings. The van der Waals surface area contributed by atoms with Crippen molar-refractivity contribution in [1.29, 1.82) is 0 Å². The van der Waals surface area contributed by atoms with Crippen LogP contribution in [-0.2, 0) is 11.2 Å². The minimum Gasteiger partial charge on any atom is -0.353 e. The Morgan fingerprint density at radius 3 is 2.65 bits per heavy atom. The fourth-order valence-corrected chi connectivity index (χ4v) is 1.97. The Morgan fingerprint density at radius 1 is 1.30 bits per heavy atom. The van der Waals surface area contributed by atoms with E-state index in [0.717, 1.165) is 25.9 Å². The van der Waals surface area contributed by atoms with Gasteiger partial charge in [-0.15, -0.1) is 0 Å². The van der Waals surface area contributed by atoms with Crippen LogP contribution in [0.25, 0.3) is 0 Å². The fourth-order valence-electron chi connectivity index (χ4n) is 1.97. The van der Waals surface area contributed by atoms with E-state index >= 15 is 0 Å². The number of carbonyl (C=O) groups is 1. The van der Waals surface area contributed by atoms with Gasteiger partial charge in [0.15, 0.2) is 0 Å². The normalized spacial score (nSPS) is 12.8. The molecule has 0 spiro atoms. The zero-order valence-corrected chi connectivity index (χ0v) is 12.8. The van der Waals surface area contributed by atoms with Gasteiger partial charge in [0.25, 0.3) is 0 Å². The highest BCUT2D eigenvalue weighted by atomic mass is 16.1. The second-order valence-corrected chi connectivity index (χ2v) is 5.47. The first-order valence-electron chi connectivity index (χ1n) is 7.22. The molecule has 0 saturated carbocycles. The number of hydrogen-bond donors (Lipinski definition) is 1. The number of carbonyl (C=O) groups excluding carboxylic acids is 1. The lowest BCUT2D eigenvalue weighted by Crippen LogP contribution is -2.25. The third-order valence-corrected chi connectivity index (χ3v) is 3.06. The van der Waals surface area contributed by atoms with E-state index in [4.69, 9.17) is 0 Å². The second kappa shape index (κ2) is 9.32. The number of benzene rings is 1. The zero-order chi connectivity index (χ0) is 14.8. The van der Waals surface area contributed by atoms with Crippen molar-refractivity contribution in [2.45, 2.75) is 19.8 Å². The molecule has 0 aliphatic carbocycles. The molecule has 1 aromatic carbocycles. The highest BCUT2D eigenvalue weighted by molar-refractivity contribution is 5.87. The van der Waals surface area contributed by atoms with Crippen molar-refractivity contribution < 1.29 is 4.79 Å². The first-order valence-corrected chi connectivity index (χ1v) is 7.22. The van der Waals surface area contributed by atoms with Crippen LogP contribution in [0.5, 0.6) is 0 Å². The summed E-state index contributed by atoms with van der Waals surface area (Å²) in [6, 6.07) is 10.3. The van der Waals surface area contributed by atoms with E-state index in [2.05, 4.69) is 29.3 Å². The summed E-state index contributed by atoms with van der Waals surface area (Å²) in [5, 5.41) is 2.90. The first-order chi connectivity index (χ1) is 9.58. The highest BCUT2D eigenvalue weighted by Gasteiger charge is 2.01. The Morgan fingerprint density at radius 2 is 2.00 bits per heavy atom. The van der Waals surface area contributed by atoms with Gasteiger partial charge in [0.1, 0.15) is 0 Å². The van der Waals surface area contributed by atoms with Gasteiger partial charge in [-0.05, 0) is 51.0 Å². The van der Waals surface area contributed by atoms with E-state index in [1.165, 1.54) is 5.56 Å². The fraction of sp³-hybridized carbons (Fsp3) is 0.471. The summed E-state index contributed by atoms with van der Waals surface area (Å²) in [5.41, 5.74) is 1.30. The maximum absolute atomic E-state index is 11.6. The van der Waals surface area contributed by atoms with Gasteiger partial charge in [0.2, 0.25) is 5.91 Å². The minimum absolute atomic E-state index is 0.00340. The molecule has 0 fully saturated rings. The smallest absolute Gasteiger partial charge is 0.243 e. The first kappa shape index (κ1) is 16.4. The summed E-state index contributed by atoms with van der Waals surface area (Å²) >= 11 is 0. The molecule has 0 unspecified atom stereocenters. The van der Waals surface area contributed by atoms with Gasteiger partial charge in [-0.25, -0.2) is 0 Å². The average Bonchev–Trinajstić information content (AvgIpc) is 2.42. The van der Waals surface area contributed by atoms with E-state index in [0.29, 0.717) is 5.92 Å². The van der Waals surface area contributed by atoms with Crippen LogP contribution >= 0.6 is 0 Å². The third kappa shape index (κ3) is 7.74. The molecule has 3 heteroatoms. The summed E-state index contributed by atoms with van der Waals surface area (Å²) < 4.78 is 0. The molecular formula is C17H26N2O. The summed E-state index contributed by atoms with van der Waals surface area (Å²) in [6.45, 7) is 3.85. The molecule has 0 heterocycles. The average molecular weight is 274 g/mol. The molecule has 0 saturated heterocycles. The van der Waals surface area contributed by atoms with Crippen LogP contribution in [0.15, 0.2) is 42.5 Å².